The average molecular weight is 375 g/mol. The quantitative estimate of drug-likeness (QED) is 0.321. The molecule has 0 saturated heterocycles. The molecule has 5 aromatic rings. The zero-order valence-electron chi connectivity index (χ0n) is 15.7. The van der Waals surface area contributed by atoms with Crippen molar-refractivity contribution in [3.8, 4) is 33.5 Å². The molecule has 0 radical (unpaired) electrons. The highest BCUT2D eigenvalue weighted by molar-refractivity contribution is 5.82. The summed E-state index contributed by atoms with van der Waals surface area (Å²) in [5.74, 6) is -0.218. The highest BCUT2D eigenvalue weighted by atomic mass is 19.1. The van der Waals surface area contributed by atoms with Crippen LogP contribution < -0.4 is 0 Å². The Hall–Kier alpha value is -3.78. The van der Waals surface area contributed by atoms with E-state index in [0.717, 1.165) is 44.4 Å². The number of halogens is 1. The van der Waals surface area contributed by atoms with E-state index in [1.165, 1.54) is 12.1 Å². The van der Waals surface area contributed by atoms with Crippen LogP contribution in [0, 0.1) is 5.82 Å². The van der Waals surface area contributed by atoms with Crippen molar-refractivity contribution in [3.63, 3.8) is 0 Å². The molecule has 5 rings (SSSR count). The molecular weight excluding hydrogens is 357 g/mol. The van der Waals surface area contributed by atoms with Crippen LogP contribution in [-0.2, 0) is 0 Å². The van der Waals surface area contributed by atoms with E-state index in [-0.39, 0.29) is 5.82 Å². The molecule has 0 N–H and O–H groups in total. The second-order valence-electron chi connectivity index (χ2n) is 7.05. The molecule has 0 aliphatic heterocycles. The first-order valence-corrected chi connectivity index (χ1v) is 9.59. The third-order valence-corrected chi connectivity index (χ3v) is 5.15. The molecule has 0 saturated carbocycles. The smallest absolute Gasteiger partial charge is 0.123 e. The number of rotatable bonds is 3. The van der Waals surface area contributed by atoms with Crippen molar-refractivity contribution in [2.75, 3.05) is 0 Å². The van der Waals surface area contributed by atoms with Gasteiger partial charge in [-0.25, -0.2) is 9.37 Å². The molecule has 1 nitrogen and oxygen atoms in total. The van der Waals surface area contributed by atoms with Crippen LogP contribution in [0.4, 0.5) is 4.39 Å². The fourth-order valence-electron chi connectivity index (χ4n) is 3.58. The number of para-hydroxylation sites is 1. The number of pyridine rings is 1. The fraction of sp³-hybridized carbons (Fsp3) is 0. The van der Waals surface area contributed by atoms with Gasteiger partial charge >= 0.3 is 0 Å². The number of aromatic nitrogens is 1. The molecule has 1 aromatic heterocycles. The average Bonchev–Trinajstić information content (AvgIpc) is 2.79. The summed E-state index contributed by atoms with van der Waals surface area (Å²) in [5, 5.41) is 1.14. The third kappa shape index (κ3) is 3.53. The maximum atomic E-state index is 13.1. The van der Waals surface area contributed by atoms with E-state index >= 15 is 0 Å². The second kappa shape index (κ2) is 7.33. The first-order valence-electron chi connectivity index (χ1n) is 9.59. The van der Waals surface area contributed by atoms with Gasteiger partial charge in [0.2, 0.25) is 0 Å². The van der Waals surface area contributed by atoms with Gasteiger partial charge in [0.05, 0.1) is 11.2 Å². The lowest BCUT2D eigenvalue weighted by molar-refractivity contribution is 0.628. The molecule has 0 unspecified atom stereocenters. The topological polar surface area (TPSA) is 12.9 Å². The molecule has 0 aliphatic rings. The van der Waals surface area contributed by atoms with Gasteiger partial charge in [0.25, 0.3) is 0 Å². The maximum Gasteiger partial charge on any atom is 0.123 e. The lowest BCUT2D eigenvalue weighted by Gasteiger charge is -2.08. The van der Waals surface area contributed by atoms with Crippen LogP contribution in [0.3, 0.4) is 0 Å². The summed E-state index contributed by atoms with van der Waals surface area (Å²) in [4.78, 5) is 4.81. The molecule has 0 fully saturated rings. The Morgan fingerprint density at radius 2 is 1.10 bits per heavy atom. The van der Waals surface area contributed by atoms with Crippen LogP contribution in [0.1, 0.15) is 0 Å². The van der Waals surface area contributed by atoms with Crippen molar-refractivity contribution >= 4 is 10.9 Å². The summed E-state index contributed by atoms with van der Waals surface area (Å²) in [7, 11) is 0. The molecule has 0 amide bonds. The highest BCUT2D eigenvalue weighted by Gasteiger charge is 2.05. The minimum Gasteiger partial charge on any atom is -0.248 e. The maximum absolute atomic E-state index is 13.1. The number of fused-ring (bicyclic) bond motifs is 1. The number of hydrogen-bond acceptors (Lipinski definition) is 1. The molecule has 4 aromatic carbocycles. The van der Waals surface area contributed by atoms with E-state index in [4.69, 9.17) is 4.98 Å². The molecule has 138 valence electrons. The monoisotopic (exact) mass is 375 g/mol. The molecule has 0 aliphatic carbocycles. The predicted molar refractivity (Wildman–Crippen MR) is 118 cm³/mol. The zero-order valence-corrected chi connectivity index (χ0v) is 15.7. The number of benzene rings is 4. The Labute approximate surface area is 169 Å². The molecule has 29 heavy (non-hydrogen) atoms. The first kappa shape index (κ1) is 17.3. The zero-order chi connectivity index (χ0) is 19.6. The van der Waals surface area contributed by atoms with Gasteiger partial charge in [-0.15, -0.1) is 0 Å². The van der Waals surface area contributed by atoms with Gasteiger partial charge in [-0.3, -0.25) is 0 Å². The minimum atomic E-state index is -0.218. The van der Waals surface area contributed by atoms with Crippen molar-refractivity contribution in [2.24, 2.45) is 0 Å². The molecule has 0 bridgehead atoms. The Morgan fingerprint density at radius 1 is 0.483 bits per heavy atom. The summed E-state index contributed by atoms with van der Waals surface area (Å²) in [6, 6.07) is 35.7. The molecule has 0 atom stereocenters. The van der Waals surface area contributed by atoms with Crippen molar-refractivity contribution < 1.29 is 4.39 Å². The fourth-order valence-corrected chi connectivity index (χ4v) is 3.58. The predicted octanol–water partition coefficient (Wildman–Crippen LogP) is 7.37. The van der Waals surface area contributed by atoms with E-state index in [9.17, 15) is 4.39 Å². The Bertz CT molecular complexity index is 1290. The Morgan fingerprint density at radius 3 is 1.86 bits per heavy atom. The van der Waals surface area contributed by atoms with Crippen LogP contribution in [0.5, 0.6) is 0 Å². The van der Waals surface area contributed by atoms with Crippen molar-refractivity contribution in [1.29, 1.82) is 0 Å². The van der Waals surface area contributed by atoms with Gasteiger partial charge in [-0.1, -0.05) is 78.9 Å². The van der Waals surface area contributed by atoms with Crippen LogP contribution in [0.2, 0.25) is 0 Å². The van der Waals surface area contributed by atoms with Gasteiger partial charge in [0, 0.05) is 10.9 Å². The van der Waals surface area contributed by atoms with E-state index in [2.05, 4.69) is 66.7 Å². The van der Waals surface area contributed by atoms with Gasteiger partial charge in [0.1, 0.15) is 5.82 Å². The molecule has 2 heteroatoms. The number of nitrogens with zero attached hydrogens (tertiary/aromatic N) is 1. The SMILES string of the molecule is Fc1ccc(-c2ccc(-c3cccc(-c4ccc5ccccc5n4)c3)cc2)cc1. The summed E-state index contributed by atoms with van der Waals surface area (Å²) in [5.41, 5.74) is 7.41. The van der Waals surface area contributed by atoms with Crippen molar-refractivity contribution in [1.82, 2.24) is 4.98 Å². The Kier molecular flexibility index (Phi) is 4.38. The Balaban J connectivity index is 1.48. The largest absolute Gasteiger partial charge is 0.248 e. The molecule has 1 heterocycles. The summed E-state index contributed by atoms with van der Waals surface area (Å²) in [6.45, 7) is 0. The van der Waals surface area contributed by atoms with Gasteiger partial charge < -0.3 is 0 Å². The summed E-state index contributed by atoms with van der Waals surface area (Å²) in [6.07, 6.45) is 0. The van der Waals surface area contributed by atoms with Crippen LogP contribution in [-0.4, -0.2) is 4.98 Å². The van der Waals surface area contributed by atoms with Crippen LogP contribution in [0.25, 0.3) is 44.4 Å². The van der Waals surface area contributed by atoms with Gasteiger partial charge in [0.15, 0.2) is 0 Å². The van der Waals surface area contributed by atoms with E-state index in [0.29, 0.717) is 0 Å². The van der Waals surface area contributed by atoms with Crippen LogP contribution in [0.15, 0.2) is 109 Å². The summed E-state index contributed by atoms with van der Waals surface area (Å²) >= 11 is 0. The first-order chi connectivity index (χ1) is 14.3. The second-order valence-corrected chi connectivity index (χ2v) is 7.05. The van der Waals surface area contributed by atoms with E-state index < -0.39 is 0 Å². The van der Waals surface area contributed by atoms with Gasteiger partial charge in [-0.05, 0) is 52.6 Å². The van der Waals surface area contributed by atoms with E-state index in [1.807, 2.05) is 18.2 Å². The normalized spacial score (nSPS) is 10.9. The highest BCUT2D eigenvalue weighted by Crippen LogP contribution is 2.29. The van der Waals surface area contributed by atoms with E-state index in [1.54, 1.807) is 12.1 Å². The standard InChI is InChI=1S/C27H18FN/c28-25-15-12-20(13-16-25)19-8-10-21(11-9-19)23-5-3-6-24(18-23)27-17-14-22-4-1-2-7-26(22)29-27/h1-18H. The van der Waals surface area contributed by atoms with Crippen LogP contribution >= 0.6 is 0 Å². The third-order valence-electron chi connectivity index (χ3n) is 5.15. The van der Waals surface area contributed by atoms with Crippen molar-refractivity contribution in [2.45, 2.75) is 0 Å². The van der Waals surface area contributed by atoms with Crippen molar-refractivity contribution in [3.05, 3.63) is 115 Å². The lowest BCUT2D eigenvalue weighted by Crippen LogP contribution is -1.86. The number of hydrogen-bond donors (Lipinski definition) is 0. The molecular formula is C27H18FN. The lowest BCUT2D eigenvalue weighted by atomic mass is 9.98. The minimum absolute atomic E-state index is 0.218. The molecule has 0 spiro atoms. The van der Waals surface area contributed by atoms with Gasteiger partial charge in [-0.2, -0.15) is 0 Å². The summed E-state index contributed by atoms with van der Waals surface area (Å²) < 4.78 is 13.1.